The van der Waals surface area contributed by atoms with Gasteiger partial charge < -0.3 is 4.74 Å². The van der Waals surface area contributed by atoms with Crippen LogP contribution in [0.15, 0.2) is 52.0 Å². The van der Waals surface area contributed by atoms with Crippen molar-refractivity contribution in [2.45, 2.75) is 6.92 Å². The Labute approximate surface area is 136 Å². The second kappa shape index (κ2) is 7.26. The van der Waals surface area contributed by atoms with Gasteiger partial charge in [-0.25, -0.2) is 0 Å². The molecule has 22 heavy (non-hydrogen) atoms. The summed E-state index contributed by atoms with van der Waals surface area (Å²) in [6.07, 6.45) is 0. The maximum Gasteiger partial charge on any atom is 0.237 e. The molecule has 0 aliphatic rings. The summed E-state index contributed by atoms with van der Waals surface area (Å²) in [5.41, 5.74) is 4.05. The summed E-state index contributed by atoms with van der Waals surface area (Å²) in [4.78, 5) is 0. The fraction of sp³-hybridized carbons (Fsp3) is 0.0625. The van der Waals surface area contributed by atoms with Crippen molar-refractivity contribution in [2.75, 3.05) is 5.43 Å². The lowest BCUT2D eigenvalue weighted by molar-refractivity contribution is 0.482. The number of nitrogens with one attached hydrogen (secondary N) is 1. The highest BCUT2D eigenvalue weighted by molar-refractivity contribution is 9.10. The van der Waals surface area contributed by atoms with Crippen LogP contribution < -0.4 is 10.2 Å². The molecule has 2 aromatic carbocycles. The maximum absolute atomic E-state index is 8.63. The molecule has 0 atom stereocenters. The van der Waals surface area contributed by atoms with Gasteiger partial charge in [-0.2, -0.15) is 15.6 Å². The zero-order valence-corrected chi connectivity index (χ0v) is 13.3. The van der Waals surface area contributed by atoms with Gasteiger partial charge in [0, 0.05) is 4.47 Å². The lowest BCUT2D eigenvalue weighted by atomic mass is 10.2. The monoisotopic (exact) mass is 354 g/mol. The van der Waals surface area contributed by atoms with Crippen LogP contribution in [0, 0.1) is 29.6 Å². The van der Waals surface area contributed by atoms with E-state index < -0.39 is 0 Å². The fourth-order valence-electron chi connectivity index (χ4n) is 1.65. The number of benzene rings is 2. The quantitative estimate of drug-likeness (QED) is 0.652. The summed E-state index contributed by atoms with van der Waals surface area (Å²) in [5, 5.41) is 21.0. The summed E-state index contributed by atoms with van der Waals surface area (Å²) in [6.45, 7) is 1.88. The van der Waals surface area contributed by atoms with E-state index in [0.717, 1.165) is 15.8 Å². The number of hydrogen-bond acceptors (Lipinski definition) is 5. The number of anilines is 1. The van der Waals surface area contributed by atoms with E-state index in [1.165, 1.54) is 0 Å². The summed E-state index contributed by atoms with van der Waals surface area (Å²) < 4.78 is 6.73. The van der Waals surface area contributed by atoms with E-state index >= 15 is 0 Å². The number of aryl methyl sites for hydroxylation is 1. The van der Waals surface area contributed by atoms with Crippen LogP contribution in [0.4, 0.5) is 5.69 Å². The van der Waals surface area contributed by atoms with Gasteiger partial charge >= 0.3 is 0 Å². The van der Waals surface area contributed by atoms with Gasteiger partial charge in [-0.05, 0) is 55.0 Å². The molecule has 0 aliphatic carbocycles. The predicted molar refractivity (Wildman–Crippen MR) is 87.7 cm³/mol. The van der Waals surface area contributed by atoms with Gasteiger partial charge in [0.25, 0.3) is 0 Å². The first kappa shape index (κ1) is 15.6. The first-order chi connectivity index (χ1) is 10.6. The zero-order chi connectivity index (χ0) is 15.9. The average molecular weight is 355 g/mol. The maximum atomic E-state index is 8.63. The van der Waals surface area contributed by atoms with E-state index in [-0.39, 0.29) is 5.71 Å². The molecule has 108 valence electrons. The third kappa shape index (κ3) is 4.08. The Morgan fingerprint density at radius 1 is 1.09 bits per heavy atom. The average Bonchev–Trinajstić information content (AvgIpc) is 2.52. The van der Waals surface area contributed by atoms with Gasteiger partial charge in [0.05, 0.1) is 5.69 Å². The smallest absolute Gasteiger partial charge is 0.237 e. The molecule has 6 heteroatoms. The van der Waals surface area contributed by atoms with E-state index in [9.17, 15) is 0 Å². The molecule has 0 radical (unpaired) electrons. The number of hydrazone groups is 1. The molecule has 0 saturated heterocycles. The summed E-state index contributed by atoms with van der Waals surface area (Å²) >= 11 is 3.37. The van der Waals surface area contributed by atoms with Crippen molar-refractivity contribution >= 4 is 27.3 Å². The zero-order valence-electron chi connectivity index (χ0n) is 11.7. The molecule has 0 unspecified atom stereocenters. The van der Waals surface area contributed by atoms with Crippen LogP contribution in [-0.4, -0.2) is 5.71 Å². The van der Waals surface area contributed by atoms with E-state index in [4.69, 9.17) is 15.3 Å². The standard InChI is InChI=1S/C16H11BrN4O/c1-11-8-15(22-14-4-2-12(17)3-5-14)6-7-16(11)21-20-13(9-18)10-19/h2-8,21H,1H3. The Morgan fingerprint density at radius 2 is 1.73 bits per heavy atom. The third-order valence-corrected chi connectivity index (χ3v) is 3.28. The van der Waals surface area contributed by atoms with Gasteiger partial charge in [0.1, 0.15) is 23.6 Å². The molecule has 0 amide bonds. The molecule has 0 aliphatic heterocycles. The van der Waals surface area contributed by atoms with Crippen molar-refractivity contribution in [3.8, 4) is 23.6 Å². The molecule has 0 spiro atoms. The topological polar surface area (TPSA) is 81.2 Å². The van der Waals surface area contributed by atoms with Crippen molar-refractivity contribution in [3.63, 3.8) is 0 Å². The van der Waals surface area contributed by atoms with Crippen molar-refractivity contribution in [1.29, 1.82) is 10.5 Å². The molecule has 2 rings (SSSR count). The van der Waals surface area contributed by atoms with E-state index in [2.05, 4.69) is 26.5 Å². The first-order valence-electron chi connectivity index (χ1n) is 6.30. The van der Waals surface area contributed by atoms with Gasteiger partial charge in [-0.1, -0.05) is 15.9 Å². The number of hydrogen-bond donors (Lipinski definition) is 1. The number of rotatable bonds is 4. The largest absolute Gasteiger partial charge is 0.457 e. The fourth-order valence-corrected chi connectivity index (χ4v) is 1.92. The highest BCUT2D eigenvalue weighted by Gasteiger charge is 2.03. The SMILES string of the molecule is Cc1cc(Oc2ccc(Br)cc2)ccc1NN=C(C#N)C#N. The molecular weight excluding hydrogens is 344 g/mol. The summed E-state index contributed by atoms with van der Waals surface area (Å²) in [6, 6.07) is 16.3. The lowest BCUT2D eigenvalue weighted by Crippen LogP contribution is -1.98. The van der Waals surface area contributed by atoms with Crippen LogP contribution >= 0.6 is 15.9 Å². The number of halogens is 1. The molecule has 0 heterocycles. The molecule has 1 N–H and O–H groups in total. The van der Waals surface area contributed by atoms with E-state index in [1.807, 2.05) is 37.3 Å². The van der Waals surface area contributed by atoms with E-state index in [1.54, 1.807) is 24.3 Å². The highest BCUT2D eigenvalue weighted by Crippen LogP contribution is 2.27. The van der Waals surface area contributed by atoms with Crippen molar-refractivity contribution in [1.82, 2.24) is 0 Å². The second-order valence-corrected chi connectivity index (χ2v) is 5.24. The molecule has 0 fully saturated rings. The van der Waals surface area contributed by atoms with Crippen molar-refractivity contribution in [3.05, 3.63) is 52.5 Å². The Morgan fingerprint density at radius 3 is 2.32 bits per heavy atom. The predicted octanol–water partition coefficient (Wildman–Crippen LogP) is 4.36. The van der Waals surface area contributed by atoms with Crippen LogP contribution in [0.5, 0.6) is 11.5 Å². The number of ether oxygens (including phenoxy) is 1. The Balaban J connectivity index is 2.13. The highest BCUT2D eigenvalue weighted by atomic mass is 79.9. The third-order valence-electron chi connectivity index (χ3n) is 2.75. The van der Waals surface area contributed by atoms with Gasteiger partial charge in [0.15, 0.2) is 0 Å². The number of nitrogens with zero attached hydrogens (tertiary/aromatic N) is 3. The van der Waals surface area contributed by atoms with Crippen molar-refractivity contribution < 1.29 is 4.74 Å². The molecular formula is C16H11BrN4O. The molecule has 5 nitrogen and oxygen atoms in total. The minimum absolute atomic E-state index is 0.227. The minimum Gasteiger partial charge on any atom is -0.457 e. The molecule has 2 aromatic rings. The van der Waals surface area contributed by atoms with Crippen LogP contribution in [0.3, 0.4) is 0 Å². The first-order valence-corrected chi connectivity index (χ1v) is 7.09. The number of nitriles is 2. The van der Waals surface area contributed by atoms with E-state index in [0.29, 0.717) is 11.4 Å². The minimum atomic E-state index is -0.227. The van der Waals surface area contributed by atoms with Gasteiger partial charge in [-0.15, -0.1) is 0 Å². The molecule has 0 bridgehead atoms. The Bertz CT molecular complexity index is 769. The van der Waals surface area contributed by atoms with Gasteiger partial charge in [0.2, 0.25) is 5.71 Å². The van der Waals surface area contributed by atoms with Crippen molar-refractivity contribution in [2.24, 2.45) is 5.10 Å². The van der Waals surface area contributed by atoms with Crippen LogP contribution in [0.2, 0.25) is 0 Å². The van der Waals surface area contributed by atoms with Crippen LogP contribution in [-0.2, 0) is 0 Å². The van der Waals surface area contributed by atoms with Gasteiger partial charge in [-0.3, -0.25) is 5.43 Å². The normalized spacial score (nSPS) is 9.27. The Hall–Kier alpha value is -2.83. The second-order valence-electron chi connectivity index (χ2n) is 4.33. The van der Waals surface area contributed by atoms with Crippen LogP contribution in [0.1, 0.15) is 5.56 Å². The van der Waals surface area contributed by atoms with Crippen LogP contribution in [0.25, 0.3) is 0 Å². The summed E-state index contributed by atoms with van der Waals surface area (Å²) in [7, 11) is 0. The molecule has 0 saturated carbocycles. The molecule has 0 aromatic heterocycles. The Kier molecular flexibility index (Phi) is 5.13. The lowest BCUT2D eigenvalue weighted by Gasteiger charge is -2.09. The summed E-state index contributed by atoms with van der Waals surface area (Å²) in [5.74, 6) is 1.42.